The summed E-state index contributed by atoms with van der Waals surface area (Å²) in [5, 5.41) is 2.94. The van der Waals surface area contributed by atoms with Crippen LogP contribution in [0.5, 0.6) is 0 Å². The van der Waals surface area contributed by atoms with Gasteiger partial charge in [-0.3, -0.25) is 9.59 Å². The van der Waals surface area contributed by atoms with Gasteiger partial charge < -0.3 is 10.2 Å². The topological polar surface area (TPSA) is 49.4 Å². The molecule has 26 heavy (non-hydrogen) atoms. The van der Waals surface area contributed by atoms with E-state index in [1.807, 2.05) is 37.3 Å². The monoisotopic (exact) mass is 368 g/mol. The minimum absolute atomic E-state index is 0.0756. The van der Waals surface area contributed by atoms with Gasteiger partial charge in [0.25, 0.3) is 5.91 Å². The summed E-state index contributed by atoms with van der Waals surface area (Å²) in [6.07, 6.45) is 2.00. The molecule has 4 nitrogen and oxygen atoms in total. The summed E-state index contributed by atoms with van der Waals surface area (Å²) >= 11 is 1.53. The lowest BCUT2D eigenvalue weighted by Crippen LogP contribution is -2.35. The maximum atomic E-state index is 12.5. The van der Waals surface area contributed by atoms with Crippen LogP contribution in [0.15, 0.2) is 47.4 Å². The molecule has 1 aliphatic rings. The standard InChI is InChI=1S/C21H24N2O2S/c1-3-4-11-22-21(25)17-9-10-19-18(12-17)23(20(24)14-26-19)13-16-7-5-15(2)6-8-16/h5-10,12H,3-4,11,13-14H2,1-2H3,(H,22,25). The van der Waals surface area contributed by atoms with Gasteiger partial charge in [-0.15, -0.1) is 11.8 Å². The number of benzene rings is 2. The van der Waals surface area contributed by atoms with E-state index in [1.165, 1.54) is 17.3 Å². The number of nitrogens with zero attached hydrogens (tertiary/aromatic N) is 1. The Morgan fingerprint density at radius 1 is 1.19 bits per heavy atom. The first-order chi connectivity index (χ1) is 12.6. The second-order valence-electron chi connectivity index (χ2n) is 6.55. The zero-order valence-electron chi connectivity index (χ0n) is 15.2. The van der Waals surface area contributed by atoms with Gasteiger partial charge in [-0.2, -0.15) is 0 Å². The summed E-state index contributed by atoms with van der Waals surface area (Å²) in [4.78, 5) is 27.7. The minimum atomic E-state index is -0.0837. The summed E-state index contributed by atoms with van der Waals surface area (Å²) in [7, 11) is 0. The molecule has 3 rings (SSSR count). The molecule has 0 saturated heterocycles. The van der Waals surface area contributed by atoms with Crippen molar-refractivity contribution in [3.8, 4) is 0 Å². The second-order valence-corrected chi connectivity index (χ2v) is 7.56. The Morgan fingerprint density at radius 3 is 2.69 bits per heavy atom. The number of carbonyl (C=O) groups excluding carboxylic acids is 2. The number of hydrogen-bond donors (Lipinski definition) is 1. The molecule has 1 aliphatic heterocycles. The number of nitrogens with one attached hydrogen (secondary N) is 1. The number of hydrogen-bond acceptors (Lipinski definition) is 3. The van der Waals surface area contributed by atoms with Gasteiger partial charge >= 0.3 is 0 Å². The molecule has 2 amide bonds. The average Bonchev–Trinajstić information content (AvgIpc) is 2.65. The van der Waals surface area contributed by atoms with Crippen LogP contribution in [0.3, 0.4) is 0 Å². The van der Waals surface area contributed by atoms with E-state index in [2.05, 4.69) is 24.4 Å². The van der Waals surface area contributed by atoms with Gasteiger partial charge in [0.2, 0.25) is 5.91 Å². The van der Waals surface area contributed by atoms with Crippen molar-refractivity contribution in [3.63, 3.8) is 0 Å². The van der Waals surface area contributed by atoms with Crippen LogP contribution in [0.4, 0.5) is 5.69 Å². The Hall–Kier alpha value is -2.27. The van der Waals surface area contributed by atoms with Gasteiger partial charge in [-0.25, -0.2) is 0 Å². The highest BCUT2D eigenvalue weighted by molar-refractivity contribution is 8.00. The van der Waals surface area contributed by atoms with Crippen molar-refractivity contribution in [3.05, 3.63) is 59.2 Å². The Balaban J connectivity index is 1.84. The Labute approximate surface area is 159 Å². The Morgan fingerprint density at radius 2 is 1.96 bits per heavy atom. The Kier molecular flexibility index (Phi) is 5.99. The van der Waals surface area contributed by atoms with Gasteiger partial charge in [-0.05, 0) is 37.1 Å². The molecule has 0 radical (unpaired) electrons. The predicted molar refractivity (Wildman–Crippen MR) is 107 cm³/mol. The smallest absolute Gasteiger partial charge is 0.251 e. The molecule has 0 fully saturated rings. The highest BCUT2D eigenvalue weighted by Crippen LogP contribution is 2.36. The third-order valence-electron chi connectivity index (χ3n) is 4.44. The molecular weight excluding hydrogens is 344 g/mol. The fourth-order valence-corrected chi connectivity index (χ4v) is 3.79. The first-order valence-corrected chi connectivity index (χ1v) is 9.98. The second kappa shape index (κ2) is 8.41. The molecule has 0 saturated carbocycles. The molecule has 5 heteroatoms. The number of carbonyl (C=O) groups is 2. The molecule has 0 aromatic heterocycles. The van der Waals surface area contributed by atoms with E-state index in [1.54, 1.807) is 4.90 Å². The van der Waals surface area contributed by atoms with Crippen LogP contribution in [0.2, 0.25) is 0 Å². The van der Waals surface area contributed by atoms with Crippen LogP contribution in [0.25, 0.3) is 0 Å². The van der Waals surface area contributed by atoms with E-state index in [9.17, 15) is 9.59 Å². The first kappa shape index (κ1) is 18.5. The van der Waals surface area contributed by atoms with Crippen molar-refractivity contribution in [1.29, 1.82) is 0 Å². The summed E-state index contributed by atoms with van der Waals surface area (Å²) in [5.74, 6) is 0.423. The van der Waals surface area contributed by atoms with Crippen LogP contribution >= 0.6 is 11.8 Å². The number of thioether (sulfide) groups is 1. The lowest BCUT2D eigenvalue weighted by Gasteiger charge is -2.29. The Bertz CT molecular complexity index is 802. The van der Waals surface area contributed by atoms with Gasteiger partial charge in [0.1, 0.15) is 0 Å². The fraction of sp³-hybridized carbons (Fsp3) is 0.333. The van der Waals surface area contributed by atoms with Crippen molar-refractivity contribution in [2.24, 2.45) is 0 Å². The maximum Gasteiger partial charge on any atom is 0.251 e. The number of aryl methyl sites for hydroxylation is 1. The largest absolute Gasteiger partial charge is 0.352 e. The molecule has 136 valence electrons. The molecule has 1 heterocycles. The number of fused-ring (bicyclic) bond motifs is 1. The van der Waals surface area contributed by atoms with Gasteiger partial charge in [0.05, 0.1) is 18.0 Å². The lowest BCUT2D eigenvalue weighted by molar-refractivity contribution is -0.116. The number of rotatable bonds is 6. The SMILES string of the molecule is CCCCNC(=O)c1ccc2c(c1)N(Cc1ccc(C)cc1)C(=O)CS2. The minimum Gasteiger partial charge on any atom is -0.352 e. The van der Waals surface area contributed by atoms with Crippen molar-refractivity contribution in [2.75, 3.05) is 17.2 Å². The van der Waals surface area contributed by atoms with Crippen LogP contribution in [0, 0.1) is 6.92 Å². The molecule has 0 atom stereocenters. The molecule has 2 aromatic carbocycles. The normalized spacial score (nSPS) is 13.5. The molecule has 0 spiro atoms. The molecule has 0 aliphatic carbocycles. The zero-order valence-corrected chi connectivity index (χ0v) is 16.1. The highest BCUT2D eigenvalue weighted by atomic mass is 32.2. The summed E-state index contributed by atoms with van der Waals surface area (Å²) in [6, 6.07) is 13.8. The van der Waals surface area contributed by atoms with E-state index in [0.29, 0.717) is 24.4 Å². The van der Waals surface area contributed by atoms with Gasteiger partial charge in [-0.1, -0.05) is 43.2 Å². The number of unbranched alkanes of at least 4 members (excludes halogenated alkanes) is 1. The summed E-state index contributed by atoms with van der Waals surface area (Å²) in [6.45, 7) is 5.34. The number of anilines is 1. The van der Waals surface area contributed by atoms with Crippen molar-refractivity contribution >= 4 is 29.3 Å². The van der Waals surface area contributed by atoms with E-state index in [-0.39, 0.29) is 11.8 Å². The van der Waals surface area contributed by atoms with E-state index < -0.39 is 0 Å². The van der Waals surface area contributed by atoms with Gasteiger partial charge in [0.15, 0.2) is 0 Å². The zero-order chi connectivity index (χ0) is 18.5. The molecule has 0 bridgehead atoms. The molecule has 2 aromatic rings. The van der Waals surface area contributed by atoms with Crippen LogP contribution in [-0.4, -0.2) is 24.1 Å². The fourth-order valence-electron chi connectivity index (χ4n) is 2.87. The quantitative estimate of drug-likeness (QED) is 0.779. The summed E-state index contributed by atoms with van der Waals surface area (Å²) in [5.41, 5.74) is 3.71. The highest BCUT2D eigenvalue weighted by Gasteiger charge is 2.26. The lowest BCUT2D eigenvalue weighted by atomic mass is 10.1. The van der Waals surface area contributed by atoms with Crippen LogP contribution < -0.4 is 10.2 Å². The molecule has 0 unspecified atom stereocenters. The predicted octanol–water partition coefficient (Wildman–Crippen LogP) is 4.16. The van der Waals surface area contributed by atoms with E-state index >= 15 is 0 Å². The molecular formula is C21H24N2O2S. The van der Waals surface area contributed by atoms with Gasteiger partial charge in [0, 0.05) is 17.0 Å². The van der Waals surface area contributed by atoms with Crippen LogP contribution in [-0.2, 0) is 11.3 Å². The third-order valence-corrected chi connectivity index (χ3v) is 5.49. The van der Waals surface area contributed by atoms with Crippen molar-refractivity contribution < 1.29 is 9.59 Å². The number of amides is 2. The molecule has 1 N–H and O–H groups in total. The maximum absolute atomic E-state index is 12.5. The van der Waals surface area contributed by atoms with E-state index in [0.717, 1.165) is 29.0 Å². The summed E-state index contributed by atoms with van der Waals surface area (Å²) < 4.78 is 0. The van der Waals surface area contributed by atoms with Crippen molar-refractivity contribution in [1.82, 2.24) is 5.32 Å². The average molecular weight is 369 g/mol. The van der Waals surface area contributed by atoms with Crippen molar-refractivity contribution in [2.45, 2.75) is 38.1 Å². The first-order valence-electron chi connectivity index (χ1n) is 8.99. The third kappa shape index (κ3) is 4.28. The van der Waals surface area contributed by atoms with E-state index in [4.69, 9.17) is 0 Å². The van der Waals surface area contributed by atoms with Crippen LogP contribution in [0.1, 0.15) is 41.3 Å².